The van der Waals surface area contributed by atoms with Crippen molar-refractivity contribution in [2.45, 2.75) is 0 Å². The van der Waals surface area contributed by atoms with Gasteiger partial charge >= 0.3 is 0 Å². The lowest BCUT2D eigenvalue weighted by Crippen LogP contribution is -2.08. The summed E-state index contributed by atoms with van der Waals surface area (Å²) in [4.78, 5) is 2.04. The molecular weight excluding hydrogens is 250 g/mol. The van der Waals surface area contributed by atoms with Crippen LogP contribution in [0.2, 0.25) is 0 Å². The predicted molar refractivity (Wildman–Crippen MR) is 84.1 cm³/mol. The molecular formula is C16H17N3O. The highest BCUT2D eigenvalue weighted by atomic mass is 16.3. The Bertz CT molecular complexity index is 616. The van der Waals surface area contributed by atoms with E-state index in [0.29, 0.717) is 0 Å². The lowest BCUT2D eigenvalue weighted by molar-refractivity contribution is 0.475. The van der Waals surface area contributed by atoms with Gasteiger partial charge in [0.1, 0.15) is 5.75 Å². The maximum absolute atomic E-state index is 9.31. The van der Waals surface area contributed by atoms with Gasteiger partial charge in [-0.05, 0) is 35.4 Å². The third-order valence-electron chi connectivity index (χ3n) is 2.76. The fraction of sp³-hybridized carbons (Fsp3) is 0.125. The first kappa shape index (κ1) is 13.8. The summed E-state index contributed by atoms with van der Waals surface area (Å²) in [5.41, 5.74) is 2.94. The van der Waals surface area contributed by atoms with Crippen molar-refractivity contribution in [1.29, 1.82) is 0 Å². The molecule has 0 radical (unpaired) electrons. The molecule has 0 aliphatic carbocycles. The molecule has 4 nitrogen and oxygen atoms in total. The predicted octanol–water partition coefficient (Wildman–Crippen LogP) is 2.91. The van der Waals surface area contributed by atoms with Gasteiger partial charge in [-0.15, -0.1) is 0 Å². The summed E-state index contributed by atoms with van der Waals surface area (Å²) in [5, 5.41) is 17.3. The Labute approximate surface area is 118 Å². The van der Waals surface area contributed by atoms with Gasteiger partial charge in [0.15, 0.2) is 0 Å². The van der Waals surface area contributed by atoms with Gasteiger partial charge in [-0.3, -0.25) is 0 Å². The highest BCUT2D eigenvalue weighted by molar-refractivity contribution is 5.83. The average Bonchev–Trinajstić information content (AvgIpc) is 2.44. The molecule has 0 aliphatic rings. The molecule has 0 aliphatic heterocycles. The largest absolute Gasteiger partial charge is 0.508 e. The van der Waals surface area contributed by atoms with E-state index in [1.165, 1.54) is 0 Å². The van der Waals surface area contributed by atoms with Crippen LogP contribution in [0.3, 0.4) is 0 Å². The molecule has 0 fully saturated rings. The summed E-state index contributed by atoms with van der Waals surface area (Å²) in [6.45, 7) is 0. The molecule has 0 aromatic heterocycles. The van der Waals surface area contributed by atoms with Gasteiger partial charge in [-0.25, -0.2) is 0 Å². The smallest absolute Gasteiger partial charge is 0.116 e. The van der Waals surface area contributed by atoms with Crippen LogP contribution in [-0.2, 0) is 0 Å². The number of phenolic OH excluding ortho intramolecular Hbond substituents is 1. The number of anilines is 1. The van der Waals surface area contributed by atoms with Crippen LogP contribution >= 0.6 is 0 Å². The number of aromatic hydroxyl groups is 1. The second kappa shape index (κ2) is 6.52. The third-order valence-corrected chi connectivity index (χ3v) is 2.76. The highest BCUT2D eigenvalue weighted by Gasteiger charge is 1.93. The van der Waals surface area contributed by atoms with E-state index in [1.807, 2.05) is 49.3 Å². The Balaban J connectivity index is 1.99. The van der Waals surface area contributed by atoms with Gasteiger partial charge in [0.2, 0.25) is 0 Å². The maximum atomic E-state index is 9.31. The summed E-state index contributed by atoms with van der Waals surface area (Å²) < 4.78 is 0. The van der Waals surface area contributed by atoms with Crippen LogP contribution in [0.15, 0.2) is 58.7 Å². The number of nitrogens with zero attached hydrogens (tertiary/aromatic N) is 3. The van der Waals surface area contributed by atoms with E-state index in [4.69, 9.17) is 0 Å². The summed E-state index contributed by atoms with van der Waals surface area (Å²) in [5.74, 6) is 0.220. The monoisotopic (exact) mass is 267 g/mol. The zero-order valence-electron chi connectivity index (χ0n) is 11.6. The first-order valence-electron chi connectivity index (χ1n) is 6.28. The van der Waals surface area contributed by atoms with Gasteiger partial charge in [0.25, 0.3) is 0 Å². The van der Waals surface area contributed by atoms with Crippen LogP contribution in [-0.4, -0.2) is 31.6 Å². The van der Waals surface area contributed by atoms with Crippen molar-refractivity contribution < 1.29 is 5.11 Å². The van der Waals surface area contributed by atoms with E-state index in [2.05, 4.69) is 10.2 Å². The molecule has 0 saturated heterocycles. The van der Waals surface area contributed by atoms with Crippen molar-refractivity contribution in [2.24, 2.45) is 10.2 Å². The molecule has 4 heteroatoms. The van der Waals surface area contributed by atoms with Crippen molar-refractivity contribution in [3.63, 3.8) is 0 Å². The van der Waals surface area contributed by atoms with Crippen LogP contribution in [0.5, 0.6) is 5.75 Å². The van der Waals surface area contributed by atoms with Gasteiger partial charge in [-0.1, -0.05) is 24.3 Å². The van der Waals surface area contributed by atoms with Gasteiger partial charge in [0.05, 0.1) is 12.4 Å². The second-order valence-electron chi connectivity index (χ2n) is 4.57. The molecule has 2 rings (SSSR count). The Morgan fingerprint density at radius 2 is 1.55 bits per heavy atom. The van der Waals surface area contributed by atoms with E-state index in [9.17, 15) is 5.11 Å². The molecule has 0 atom stereocenters. The quantitative estimate of drug-likeness (QED) is 0.684. The number of rotatable bonds is 4. The van der Waals surface area contributed by atoms with Crippen LogP contribution in [0.25, 0.3) is 0 Å². The van der Waals surface area contributed by atoms with Crippen molar-refractivity contribution >= 4 is 18.1 Å². The SMILES string of the molecule is CN(C)c1ccc(/C=N/N=C/c2cccc(O)c2)cc1. The average molecular weight is 267 g/mol. The molecule has 20 heavy (non-hydrogen) atoms. The fourth-order valence-corrected chi connectivity index (χ4v) is 1.66. The third kappa shape index (κ3) is 3.95. The van der Waals surface area contributed by atoms with Crippen molar-refractivity contribution in [3.8, 4) is 5.75 Å². The molecule has 2 aromatic carbocycles. The van der Waals surface area contributed by atoms with Crippen LogP contribution in [0, 0.1) is 0 Å². The molecule has 0 heterocycles. The van der Waals surface area contributed by atoms with Crippen molar-refractivity contribution in [3.05, 3.63) is 59.7 Å². The summed E-state index contributed by atoms with van der Waals surface area (Å²) >= 11 is 0. The van der Waals surface area contributed by atoms with Gasteiger partial charge in [0, 0.05) is 19.8 Å². The van der Waals surface area contributed by atoms with Gasteiger partial charge < -0.3 is 10.0 Å². The van der Waals surface area contributed by atoms with E-state index < -0.39 is 0 Å². The lowest BCUT2D eigenvalue weighted by atomic mass is 10.2. The zero-order valence-corrected chi connectivity index (χ0v) is 11.6. The minimum Gasteiger partial charge on any atom is -0.508 e. The molecule has 0 amide bonds. The Morgan fingerprint density at radius 1 is 0.900 bits per heavy atom. The Morgan fingerprint density at radius 3 is 2.15 bits per heavy atom. The number of phenols is 1. The number of benzene rings is 2. The second-order valence-corrected chi connectivity index (χ2v) is 4.57. The fourth-order valence-electron chi connectivity index (χ4n) is 1.66. The van der Waals surface area contributed by atoms with Crippen LogP contribution in [0.1, 0.15) is 11.1 Å². The molecule has 0 saturated carbocycles. The molecule has 0 spiro atoms. The topological polar surface area (TPSA) is 48.2 Å². The first-order chi connectivity index (χ1) is 9.65. The van der Waals surface area contributed by atoms with E-state index in [-0.39, 0.29) is 5.75 Å². The summed E-state index contributed by atoms with van der Waals surface area (Å²) in [6.07, 6.45) is 3.29. The van der Waals surface area contributed by atoms with Gasteiger partial charge in [-0.2, -0.15) is 10.2 Å². The van der Waals surface area contributed by atoms with E-state index >= 15 is 0 Å². The minimum absolute atomic E-state index is 0.220. The number of hydrogen-bond donors (Lipinski definition) is 1. The van der Waals surface area contributed by atoms with E-state index in [0.717, 1.165) is 16.8 Å². The molecule has 0 bridgehead atoms. The summed E-state index contributed by atoms with van der Waals surface area (Å²) in [7, 11) is 4.01. The minimum atomic E-state index is 0.220. The Kier molecular flexibility index (Phi) is 4.50. The molecule has 102 valence electrons. The normalized spacial score (nSPS) is 11.3. The van der Waals surface area contributed by atoms with Crippen LogP contribution < -0.4 is 4.90 Å². The Hall–Kier alpha value is -2.62. The zero-order chi connectivity index (χ0) is 14.4. The van der Waals surface area contributed by atoms with E-state index in [1.54, 1.807) is 30.6 Å². The summed E-state index contributed by atoms with van der Waals surface area (Å²) in [6, 6.07) is 14.9. The molecule has 0 unspecified atom stereocenters. The molecule has 1 N–H and O–H groups in total. The number of hydrogen-bond acceptors (Lipinski definition) is 4. The molecule has 2 aromatic rings. The lowest BCUT2D eigenvalue weighted by Gasteiger charge is -2.11. The standard InChI is InChI=1S/C16H17N3O/c1-19(2)15-8-6-13(7-9-15)11-17-18-12-14-4-3-5-16(20)10-14/h3-12,20H,1-2H3/b17-11+,18-12+. The van der Waals surface area contributed by atoms with Crippen LogP contribution in [0.4, 0.5) is 5.69 Å². The van der Waals surface area contributed by atoms with Crippen molar-refractivity contribution in [1.82, 2.24) is 0 Å². The highest BCUT2D eigenvalue weighted by Crippen LogP contribution is 2.11. The first-order valence-corrected chi connectivity index (χ1v) is 6.28. The maximum Gasteiger partial charge on any atom is 0.116 e. The van der Waals surface area contributed by atoms with Crippen molar-refractivity contribution in [2.75, 3.05) is 19.0 Å².